The fraction of sp³-hybridized carbons (Fsp3) is 1.00. The van der Waals surface area contributed by atoms with Crippen LogP contribution in [0.5, 0.6) is 0 Å². The Kier molecular flexibility index (Phi) is 3.28. The highest BCUT2D eigenvalue weighted by molar-refractivity contribution is 5.03. The molecule has 4 nitrogen and oxygen atoms in total. The lowest BCUT2D eigenvalue weighted by Crippen LogP contribution is -2.57. The predicted octanol–water partition coefficient (Wildman–Crippen LogP) is 2.62. The highest BCUT2D eigenvalue weighted by Crippen LogP contribution is 2.55. The van der Waals surface area contributed by atoms with E-state index >= 15 is 0 Å². The summed E-state index contributed by atoms with van der Waals surface area (Å²) in [5.74, 6) is -0.587. The van der Waals surface area contributed by atoms with Crippen molar-refractivity contribution in [2.24, 2.45) is 10.8 Å². The Morgan fingerprint density at radius 1 is 1.24 bits per heavy atom. The van der Waals surface area contributed by atoms with Crippen molar-refractivity contribution < 1.29 is 14.7 Å². The molecule has 2 rings (SSSR count). The van der Waals surface area contributed by atoms with Crippen molar-refractivity contribution in [3.63, 3.8) is 0 Å². The van der Waals surface area contributed by atoms with E-state index in [-0.39, 0.29) is 10.8 Å². The zero-order chi connectivity index (χ0) is 12.7. The maximum absolute atomic E-state index is 12.7. The van der Waals surface area contributed by atoms with Gasteiger partial charge < -0.3 is 4.74 Å². The summed E-state index contributed by atoms with van der Waals surface area (Å²) >= 11 is 0. The molecule has 1 saturated heterocycles. The average Bonchev–Trinajstić information content (AvgIpc) is 2.71. The topological polar surface area (TPSA) is 50.4 Å². The number of hydrogen-bond acceptors (Lipinski definition) is 3. The van der Waals surface area contributed by atoms with Crippen LogP contribution in [0.15, 0.2) is 0 Å². The number of hydroxylamine groups is 1. The summed E-state index contributed by atoms with van der Waals surface area (Å²) in [6, 6.07) is 0. The quantitative estimate of drug-likeness (QED) is 0.809. The molecule has 17 heavy (non-hydrogen) atoms. The maximum Gasteiger partial charge on any atom is 0.190 e. The minimum absolute atomic E-state index is 0.215. The van der Waals surface area contributed by atoms with Crippen LogP contribution in [0.2, 0.25) is 0 Å². The minimum Gasteiger partial charge on any atom is -0.331 e. The Balaban J connectivity index is 2.33. The number of rotatable bonds is 2. The molecule has 2 atom stereocenters. The van der Waals surface area contributed by atoms with Crippen LogP contribution in [0.25, 0.3) is 0 Å². The molecular formula is C13H24NO3. The van der Waals surface area contributed by atoms with Crippen LogP contribution in [0.3, 0.4) is 0 Å². The smallest absolute Gasteiger partial charge is 0.190 e. The van der Waals surface area contributed by atoms with Crippen LogP contribution in [-0.2, 0) is 14.7 Å². The van der Waals surface area contributed by atoms with Gasteiger partial charge in [-0.3, -0.25) is 4.84 Å². The van der Waals surface area contributed by atoms with E-state index in [0.717, 1.165) is 12.8 Å². The summed E-state index contributed by atoms with van der Waals surface area (Å²) in [6.07, 6.45) is 2.59. The zero-order valence-electron chi connectivity index (χ0n) is 11.3. The van der Waals surface area contributed by atoms with Gasteiger partial charge >= 0.3 is 0 Å². The number of ether oxygens (including phenoxy) is 1. The van der Waals surface area contributed by atoms with Gasteiger partial charge in [0.15, 0.2) is 5.79 Å². The molecule has 99 valence electrons. The molecule has 2 aliphatic rings. The molecule has 1 N–H and O–H groups in total. The molecule has 0 aromatic heterocycles. The van der Waals surface area contributed by atoms with E-state index in [1.165, 1.54) is 0 Å². The van der Waals surface area contributed by atoms with Gasteiger partial charge in [0, 0.05) is 18.3 Å². The van der Waals surface area contributed by atoms with Crippen LogP contribution in [0.1, 0.15) is 53.4 Å². The SMILES string of the molecule is CCC1(CC)CC2(CC(C)(C)C1[O])OCNO2. The first-order valence-electron chi connectivity index (χ1n) is 6.60. The first-order chi connectivity index (χ1) is 7.90. The Morgan fingerprint density at radius 2 is 1.88 bits per heavy atom. The van der Waals surface area contributed by atoms with Gasteiger partial charge in [0.1, 0.15) is 12.8 Å². The third-order valence-electron chi connectivity index (χ3n) is 4.67. The number of nitrogens with one attached hydrogen (secondary N) is 1. The highest BCUT2D eigenvalue weighted by atomic mass is 16.8. The van der Waals surface area contributed by atoms with E-state index in [1.807, 2.05) is 13.8 Å². The third kappa shape index (κ3) is 2.01. The average molecular weight is 242 g/mol. The second-order valence-electron chi connectivity index (χ2n) is 6.24. The van der Waals surface area contributed by atoms with Crippen molar-refractivity contribution in [2.45, 2.75) is 65.3 Å². The molecule has 1 saturated carbocycles. The largest absolute Gasteiger partial charge is 0.331 e. The number of hydrogen-bond donors (Lipinski definition) is 1. The first-order valence-corrected chi connectivity index (χ1v) is 6.60. The summed E-state index contributed by atoms with van der Waals surface area (Å²) in [4.78, 5) is 5.61. The molecular weight excluding hydrogens is 218 g/mol. The van der Waals surface area contributed by atoms with Crippen molar-refractivity contribution in [3.8, 4) is 0 Å². The Labute approximate surface area is 104 Å². The molecule has 0 amide bonds. The zero-order valence-corrected chi connectivity index (χ0v) is 11.3. The van der Waals surface area contributed by atoms with E-state index < -0.39 is 11.9 Å². The molecule has 4 heteroatoms. The lowest BCUT2D eigenvalue weighted by atomic mass is 9.57. The van der Waals surface area contributed by atoms with Crippen molar-refractivity contribution in [3.05, 3.63) is 0 Å². The molecule has 0 bridgehead atoms. The molecule has 1 radical (unpaired) electrons. The molecule has 0 aromatic carbocycles. The molecule has 1 heterocycles. The van der Waals surface area contributed by atoms with Crippen molar-refractivity contribution in [2.75, 3.05) is 6.73 Å². The monoisotopic (exact) mass is 242 g/mol. The second kappa shape index (κ2) is 4.19. The molecule has 1 spiro atoms. The summed E-state index contributed by atoms with van der Waals surface area (Å²) < 4.78 is 5.75. The van der Waals surface area contributed by atoms with Gasteiger partial charge in [0.2, 0.25) is 0 Å². The normalized spacial score (nSPS) is 39.7. The molecule has 2 unspecified atom stereocenters. The van der Waals surface area contributed by atoms with Crippen LogP contribution in [0.4, 0.5) is 0 Å². The van der Waals surface area contributed by atoms with Gasteiger partial charge in [-0.1, -0.05) is 27.7 Å². The predicted molar refractivity (Wildman–Crippen MR) is 63.4 cm³/mol. The standard InChI is InChI=1S/C13H24NO3/c1-5-12(6-2)8-13(16-9-14-17-13)7-11(3,4)10(12)15/h10,14H,5-9H2,1-4H3. The van der Waals surface area contributed by atoms with Crippen LogP contribution >= 0.6 is 0 Å². The van der Waals surface area contributed by atoms with Crippen molar-refractivity contribution >= 4 is 0 Å². The maximum atomic E-state index is 12.7. The van der Waals surface area contributed by atoms with Crippen LogP contribution < -0.4 is 5.48 Å². The Morgan fingerprint density at radius 3 is 2.35 bits per heavy atom. The van der Waals surface area contributed by atoms with Gasteiger partial charge in [-0.15, -0.1) is 0 Å². The summed E-state index contributed by atoms with van der Waals surface area (Å²) in [6.45, 7) is 8.70. The third-order valence-corrected chi connectivity index (χ3v) is 4.67. The van der Waals surface area contributed by atoms with E-state index in [1.54, 1.807) is 0 Å². The summed E-state index contributed by atoms with van der Waals surface area (Å²) in [5.41, 5.74) is 2.29. The van der Waals surface area contributed by atoms with Gasteiger partial charge in [0.05, 0.1) is 0 Å². The molecule has 1 aliphatic heterocycles. The first kappa shape index (κ1) is 13.3. The van der Waals surface area contributed by atoms with Crippen molar-refractivity contribution in [1.29, 1.82) is 0 Å². The minimum atomic E-state index is -0.587. The lowest BCUT2D eigenvalue weighted by Gasteiger charge is -2.53. The highest BCUT2D eigenvalue weighted by Gasteiger charge is 2.59. The fourth-order valence-corrected chi connectivity index (χ4v) is 3.70. The van der Waals surface area contributed by atoms with Gasteiger partial charge in [-0.2, -0.15) is 5.48 Å². The van der Waals surface area contributed by atoms with E-state index in [2.05, 4.69) is 19.3 Å². The Bertz CT molecular complexity index is 280. The van der Waals surface area contributed by atoms with Crippen molar-refractivity contribution in [1.82, 2.24) is 5.48 Å². The van der Waals surface area contributed by atoms with Gasteiger partial charge in [-0.05, 0) is 18.3 Å². The van der Waals surface area contributed by atoms with Gasteiger partial charge in [0.25, 0.3) is 0 Å². The van der Waals surface area contributed by atoms with Crippen LogP contribution in [-0.4, -0.2) is 18.6 Å². The lowest BCUT2D eigenvalue weighted by molar-refractivity contribution is -0.278. The van der Waals surface area contributed by atoms with E-state index in [0.29, 0.717) is 19.6 Å². The molecule has 2 fully saturated rings. The Hall–Kier alpha value is -0.160. The molecule has 1 aliphatic carbocycles. The van der Waals surface area contributed by atoms with E-state index in [9.17, 15) is 5.11 Å². The summed E-state index contributed by atoms with van der Waals surface area (Å²) in [7, 11) is 0. The summed E-state index contributed by atoms with van der Waals surface area (Å²) in [5, 5.41) is 12.7. The van der Waals surface area contributed by atoms with Gasteiger partial charge in [-0.25, -0.2) is 5.11 Å². The van der Waals surface area contributed by atoms with Crippen LogP contribution in [0, 0.1) is 10.8 Å². The van der Waals surface area contributed by atoms with E-state index in [4.69, 9.17) is 9.57 Å². The molecule has 0 aromatic rings. The second-order valence-corrected chi connectivity index (χ2v) is 6.24. The fourth-order valence-electron chi connectivity index (χ4n) is 3.70.